The Balaban J connectivity index is 1.93. The molecular weight excluding hydrogens is 291 g/mol. The van der Waals surface area contributed by atoms with Crippen molar-refractivity contribution in [2.75, 3.05) is 0 Å². The van der Waals surface area contributed by atoms with Gasteiger partial charge in [-0.05, 0) is 23.8 Å². The maximum absolute atomic E-state index is 13.4. The predicted molar refractivity (Wildman–Crippen MR) is 72.9 cm³/mol. The molecular formula is C12H10ClFN2O2S. The maximum Gasteiger partial charge on any atom is 0.304 e. The average Bonchev–Trinajstić information content (AvgIpc) is 2.75. The van der Waals surface area contributed by atoms with Crippen molar-refractivity contribution in [3.8, 4) is 0 Å². The van der Waals surface area contributed by atoms with Crippen LogP contribution in [0.3, 0.4) is 0 Å². The summed E-state index contributed by atoms with van der Waals surface area (Å²) in [6, 6.07) is 7.61. The number of nitro groups is 1. The van der Waals surface area contributed by atoms with Gasteiger partial charge in [0.15, 0.2) is 0 Å². The Bertz CT molecular complexity index is 603. The fourth-order valence-electron chi connectivity index (χ4n) is 1.59. The van der Waals surface area contributed by atoms with Crippen LogP contribution in [0, 0.1) is 15.9 Å². The first kappa shape index (κ1) is 13.9. The van der Waals surface area contributed by atoms with Crippen LogP contribution in [-0.4, -0.2) is 4.92 Å². The van der Waals surface area contributed by atoms with Gasteiger partial charge in [-0.15, -0.1) is 11.3 Å². The highest BCUT2D eigenvalue weighted by molar-refractivity contribution is 7.16. The summed E-state index contributed by atoms with van der Waals surface area (Å²) in [7, 11) is 0. The topological polar surface area (TPSA) is 55.2 Å². The van der Waals surface area contributed by atoms with Crippen molar-refractivity contribution in [3.63, 3.8) is 0 Å². The largest absolute Gasteiger partial charge is 0.308 e. The highest BCUT2D eigenvalue weighted by atomic mass is 35.5. The van der Waals surface area contributed by atoms with Crippen LogP contribution in [0.2, 0.25) is 4.34 Å². The lowest BCUT2D eigenvalue weighted by Crippen LogP contribution is -2.12. The normalized spacial score (nSPS) is 10.6. The summed E-state index contributed by atoms with van der Waals surface area (Å²) in [4.78, 5) is 10.8. The second-order valence-electron chi connectivity index (χ2n) is 3.85. The first-order valence-electron chi connectivity index (χ1n) is 5.44. The first-order chi connectivity index (χ1) is 9.06. The van der Waals surface area contributed by atoms with Gasteiger partial charge in [0.2, 0.25) is 5.82 Å². The van der Waals surface area contributed by atoms with Gasteiger partial charge in [-0.2, -0.15) is 4.39 Å². The van der Waals surface area contributed by atoms with Crippen molar-refractivity contribution in [2.45, 2.75) is 13.1 Å². The molecule has 100 valence electrons. The Morgan fingerprint density at radius 2 is 2.11 bits per heavy atom. The summed E-state index contributed by atoms with van der Waals surface area (Å²) in [6.07, 6.45) is 0. The predicted octanol–water partition coefficient (Wildman–Crippen LogP) is 3.74. The van der Waals surface area contributed by atoms with Crippen LogP contribution < -0.4 is 5.32 Å². The monoisotopic (exact) mass is 300 g/mol. The zero-order valence-electron chi connectivity index (χ0n) is 9.73. The van der Waals surface area contributed by atoms with Gasteiger partial charge in [0.1, 0.15) is 0 Å². The standard InChI is InChI=1S/C12H10ClFN2O2S/c13-12-4-2-9(19-12)7-15-6-8-1-3-11(16(17)18)10(14)5-8/h1-5,15H,6-7H2. The van der Waals surface area contributed by atoms with Crippen LogP contribution in [0.5, 0.6) is 0 Å². The van der Waals surface area contributed by atoms with Crippen molar-refractivity contribution < 1.29 is 9.31 Å². The molecule has 1 aromatic carbocycles. The third-order valence-electron chi connectivity index (χ3n) is 2.47. The number of hydrogen-bond donors (Lipinski definition) is 1. The summed E-state index contributed by atoms with van der Waals surface area (Å²) in [5.41, 5.74) is 0.152. The molecule has 0 aliphatic rings. The minimum absolute atomic E-state index is 0.435. The number of nitrogens with zero attached hydrogens (tertiary/aromatic N) is 1. The molecule has 0 atom stereocenters. The summed E-state index contributed by atoms with van der Waals surface area (Å²) in [5, 5.41) is 13.6. The minimum Gasteiger partial charge on any atom is -0.308 e. The second kappa shape index (κ2) is 6.10. The van der Waals surface area contributed by atoms with Crippen LogP contribution in [0.25, 0.3) is 0 Å². The molecule has 0 spiro atoms. The Kier molecular flexibility index (Phi) is 4.47. The van der Waals surface area contributed by atoms with Crippen LogP contribution in [0.15, 0.2) is 30.3 Å². The number of nitro benzene ring substituents is 1. The van der Waals surface area contributed by atoms with E-state index in [1.807, 2.05) is 12.1 Å². The van der Waals surface area contributed by atoms with E-state index in [4.69, 9.17) is 11.6 Å². The van der Waals surface area contributed by atoms with E-state index >= 15 is 0 Å². The molecule has 1 N–H and O–H groups in total. The number of nitrogens with one attached hydrogen (secondary N) is 1. The average molecular weight is 301 g/mol. The minimum atomic E-state index is -0.816. The quantitative estimate of drug-likeness (QED) is 0.676. The SMILES string of the molecule is O=[N+]([O-])c1ccc(CNCc2ccc(Cl)s2)cc1F. The Morgan fingerprint density at radius 1 is 1.32 bits per heavy atom. The molecule has 0 aliphatic heterocycles. The van der Waals surface area contributed by atoms with Gasteiger partial charge < -0.3 is 5.32 Å². The molecule has 7 heteroatoms. The molecule has 0 aliphatic carbocycles. The van der Waals surface area contributed by atoms with Crippen LogP contribution >= 0.6 is 22.9 Å². The summed E-state index contributed by atoms with van der Waals surface area (Å²) in [6.45, 7) is 1.06. The van der Waals surface area contributed by atoms with E-state index in [0.29, 0.717) is 18.7 Å². The lowest BCUT2D eigenvalue weighted by atomic mass is 10.2. The summed E-state index contributed by atoms with van der Waals surface area (Å²) < 4.78 is 14.1. The van der Waals surface area contributed by atoms with Crippen LogP contribution in [0.1, 0.15) is 10.4 Å². The third kappa shape index (κ3) is 3.73. The van der Waals surface area contributed by atoms with Gasteiger partial charge in [0, 0.05) is 24.0 Å². The number of halogens is 2. The molecule has 2 rings (SSSR count). The van der Waals surface area contributed by atoms with Gasteiger partial charge in [-0.1, -0.05) is 17.7 Å². The summed E-state index contributed by atoms with van der Waals surface area (Å²) in [5.74, 6) is -0.816. The molecule has 2 aromatic rings. The van der Waals surface area contributed by atoms with Crippen molar-refractivity contribution in [1.29, 1.82) is 0 Å². The summed E-state index contributed by atoms with van der Waals surface area (Å²) >= 11 is 7.27. The van der Waals surface area contributed by atoms with Gasteiger partial charge in [0.05, 0.1) is 9.26 Å². The lowest BCUT2D eigenvalue weighted by Gasteiger charge is -2.03. The van der Waals surface area contributed by atoms with Crippen molar-refractivity contribution in [2.24, 2.45) is 0 Å². The molecule has 0 radical (unpaired) electrons. The van der Waals surface area contributed by atoms with Gasteiger partial charge >= 0.3 is 5.69 Å². The fraction of sp³-hybridized carbons (Fsp3) is 0.167. The Hall–Kier alpha value is -1.50. The van der Waals surface area contributed by atoms with E-state index in [2.05, 4.69) is 5.32 Å². The number of rotatable bonds is 5. The van der Waals surface area contributed by atoms with Gasteiger partial charge in [0.25, 0.3) is 0 Å². The molecule has 0 saturated heterocycles. The van der Waals surface area contributed by atoms with E-state index in [9.17, 15) is 14.5 Å². The molecule has 0 fully saturated rings. The molecule has 0 bridgehead atoms. The molecule has 1 heterocycles. The molecule has 4 nitrogen and oxygen atoms in total. The first-order valence-corrected chi connectivity index (χ1v) is 6.63. The third-order valence-corrected chi connectivity index (χ3v) is 3.70. The van der Waals surface area contributed by atoms with Gasteiger partial charge in [-0.25, -0.2) is 0 Å². The van der Waals surface area contributed by atoms with E-state index < -0.39 is 16.4 Å². The zero-order valence-corrected chi connectivity index (χ0v) is 11.3. The van der Waals surface area contributed by atoms with E-state index in [1.165, 1.54) is 29.5 Å². The number of benzene rings is 1. The van der Waals surface area contributed by atoms with Crippen molar-refractivity contribution in [3.05, 3.63) is 61.0 Å². The molecule has 0 unspecified atom stereocenters. The van der Waals surface area contributed by atoms with E-state index in [1.54, 1.807) is 0 Å². The van der Waals surface area contributed by atoms with E-state index in [-0.39, 0.29) is 0 Å². The van der Waals surface area contributed by atoms with Gasteiger partial charge in [-0.3, -0.25) is 10.1 Å². The molecule has 0 saturated carbocycles. The van der Waals surface area contributed by atoms with Crippen molar-refractivity contribution >= 4 is 28.6 Å². The number of hydrogen-bond acceptors (Lipinski definition) is 4. The second-order valence-corrected chi connectivity index (χ2v) is 5.65. The molecule has 1 aromatic heterocycles. The van der Waals surface area contributed by atoms with Crippen LogP contribution in [-0.2, 0) is 13.1 Å². The highest BCUT2D eigenvalue weighted by Gasteiger charge is 2.13. The Morgan fingerprint density at radius 3 is 2.68 bits per heavy atom. The smallest absolute Gasteiger partial charge is 0.304 e. The Labute approximate surface area is 118 Å². The zero-order chi connectivity index (χ0) is 13.8. The molecule has 0 amide bonds. The highest BCUT2D eigenvalue weighted by Crippen LogP contribution is 2.21. The van der Waals surface area contributed by atoms with E-state index in [0.717, 1.165) is 9.21 Å². The van der Waals surface area contributed by atoms with Crippen LogP contribution in [0.4, 0.5) is 10.1 Å². The fourth-order valence-corrected chi connectivity index (χ4v) is 2.64. The number of thiophene rings is 1. The van der Waals surface area contributed by atoms with Crippen molar-refractivity contribution in [1.82, 2.24) is 5.32 Å². The maximum atomic E-state index is 13.4. The lowest BCUT2D eigenvalue weighted by molar-refractivity contribution is -0.387. The molecule has 19 heavy (non-hydrogen) atoms.